The zero-order chi connectivity index (χ0) is 23.1. The number of anilines is 3. The van der Waals surface area contributed by atoms with Crippen LogP contribution in [0.3, 0.4) is 0 Å². The molecule has 0 saturated carbocycles. The van der Waals surface area contributed by atoms with Gasteiger partial charge in [-0.3, -0.25) is 9.59 Å². The van der Waals surface area contributed by atoms with E-state index in [1.54, 1.807) is 6.08 Å². The Morgan fingerprint density at radius 2 is 1.29 bits per heavy atom. The Bertz CT molecular complexity index is 1340. The van der Waals surface area contributed by atoms with Gasteiger partial charge >= 0.3 is 0 Å². The maximum Gasteiger partial charge on any atom is 0.283 e. The molecule has 3 heterocycles. The first-order valence-corrected chi connectivity index (χ1v) is 11.6. The van der Waals surface area contributed by atoms with Crippen molar-refractivity contribution in [1.82, 2.24) is 4.98 Å². The van der Waals surface area contributed by atoms with Gasteiger partial charge in [-0.15, -0.1) is 0 Å². The number of aromatic amines is 1. The fourth-order valence-electron chi connectivity index (χ4n) is 4.81. The summed E-state index contributed by atoms with van der Waals surface area (Å²) in [5.41, 5.74) is 4.43. The number of carbonyl (C=O) groups excluding carboxylic acids is 2. The molecule has 168 valence electrons. The number of hydrogen-bond donors (Lipinski definition) is 1. The Balaban J connectivity index is 1.42. The Morgan fingerprint density at radius 3 is 1.88 bits per heavy atom. The lowest BCUT2D eigenvalue weighted by molar-refractivity contribution is -0.116. The van der Waals surface area contributed by atoms with Crippen LogP contribution in [0.4, 0.5) is 17.1 Å². The number of H-pyrrole nitrogens is 1. The molecule has 6 nitrogen and oxygen atoms in total. The van der Waals surface area contributed by atoms with Gasteiger partial charge in [0, 0.05) is 41.4 Å². The van der Waals surface area contributed by atoms with E-state index in [-0.39, 0.29) is 17.4 Å². The number of nitrogens with zero attached hydrogens (tertiary/aromatic N) is 3. The van der Waals surface area contributed by atoms with E-state index < -0.39 is 0 Å². The van der Waals surface area contributed by atoms with Crippen LogP contribution in [0.2, 0.25) is 0 Å². The van der Waals surface area contributed by atoms with Crippen molar-refractivity contribution in [2.24, 2.45) is 0 Å². The highest BCUT2D eigenvalue weighted by Gasteiger charge is 2.42. The van der Waals surface area contributed by atoms with Crippen molar-refractivity contribution in [3.63, 3.8) is 0 Å². The molecule has 6 rings (SSSR count). The topological polar surface area (TPSA) is 59.7 Å². The van der Waals surface area contributed by atoms with E-state index in [4.69, 9.17) is 0 Å². The second kappa shape index (κ2) is 8.23. The summed E-state index contributed by atoms with van der Waals surface area (Å²) in [6.45, 7) is 2.16. The number of hydrogen-bond acceptors (Lipinski definition) is 3. The Hall–Kier alpha value is -4.32. The number of hydrazine groups is 1. The van der Waals surface area contributed by atoms with Crippen LogP contribution in [0, 0.1) is 0 Å². The van der Waals surface area contributed by atoms with Gasteiger partial charge in [0.25, 0.3) is 11.8 Å². The monoisotopic (exact) mass is 448 g/mol. The molecule has 0 aliphatic carbocycles. The summed E-state index contributed by atoms with van der Waals surface area (Å²) in [7, 11) is 0. The summed E-state index contributed by atoms with van der Waals surface area (Å²) >= 11 is 0. The van der Waals surface area contributed by atoms with Gasteiger partial charge in [0.05, 0.1) is 11.4 Å². The van der Waals surface area contributed by atoms with Crippen molar-refractivity contribution in [2.75, 3.05) is 28.0 Å². The van der Waals surface area contributed by atoms with Crippen LogP contribution in [-0.4, -0.2) is 29.9 Å². The number of nitrogens with one attached hydrogen (secondary N) is 1. The number of para-hydroxylation sites is 2. The van der Waals surface area contributed by atoms with E-state index in [0.29, 0.717) is 11.4 Å². The van der Waals surface area contributed by atoms with Crippen molar-refractivity contribution < 1.29 is 9.59 Å². The van der Waals surface area contributed by atoms with Crippen molar-refractivity contribution >= 4 is 45.9 Å². The van der Waals surface area contributed by atoms with Crippen LogP contribution in [0.1, 0.15) is 18.4 Å². The van der Waals surface area contributed by atoms with Crippen molar-refractivity contribution in [2.45, 2.75) is 12.8 Å². The van der Waals surface area contributed by atoms with E-state index in [9.17, 15) is 9.59 Å². The molecule has 0 spiro atoms. The quantitative estimate of drug-likeness (QED) is 0.347. The molecule has 1 aromatic heterocycles. The van der Waals surface area contributed by atoms with Crippen LogP contribution < -0.4 is 14.9 Å². The summed E-state index contributed by atoms with van der Waals surface area (Å²) in [5, 5.41) is 3.88. The van der Waals surface area contributed by atoms with Crippen molar-refractivity contribution in [3.8, 4) is 0 Å². The summed E-state index contributed by atoms with van der Waals surface area (Å²) < 4.78 is 0. The van der Waals surface area contributed by atoms with E-state index >= 15 is 0 Å². The smallest absolute Gasteiger partial charge is 0.283 e. The molecule has 3 aromatic carbocycles. The highest BCUT2D eigenvalue weighted by Crippen LogP contribution is 2.34. The predicted octanol–water partition coefficient (Wildman–Crippen LogP) is 5.15. The van der Waals surface area contributed by atoms with Gasteiger partial charge in [0.15, 0.2) is 0 Å². The first kappa shape index (κ1) is 20.3. The maximum absolute atomic E-state index is 13.6. The van der Waals surface area contributed by atoms with Gasteiger partial charge in [-0.05, 0) is 55.3 Å². The number of amides is 2. The molecule has 0 radical (unpaired) electrons. The lowest BCUT2D eigenvalue weighted by Gasteiger charge is -2.27. The Kier molecular flexibility index (Phi) is 4.91. The Morgan fingerprint density at radius 1 is 0.706 bits per heavy atom. The van der Waals surface area contributed by atoms with Gasteiger partial charge < -0.3 is 9.88 Å². The molecule has 0 bridgehead atoms. The number of benzene rings is 3. The van der Waals surface area contributed by atoms with Crippen LogP contribution in [0.15, 0.2) is 90.6 Å². The third-order valence-corrected chi connectivity index (χ3v) is 6.52. The molecule has 0 atom stereocenters. The van der Waals surface area contributed by atoms with Crippen LogP contribution in [0.25, 0.3) is 17.0 Å². The summed E-state index contributed by atoms with van der Waals surface area (Å²) in [6.07, 6.45) is 6.02. The third-order valence-electron chi connectivity index (χ3n) is 6.52. The maximum atomic E-state index is 13.6. The van der Waals surface area contributed by atoms with E-state index in [1.807, 2.05) is 66.9 Å². The van der Waals surface area contributed by atoms with Gasteiger partial charge in [0.1, 0.15) is 5.57 Å². The molecular weight excluding hydrogens is 424 g/mol. The minimum atomic E-state index is -0.344. The van der Waals surface area contributed by atoms with Crippen molar-refractivity contribution in [1.29, 1.82) is 0 Å². The minimum absolute atomic E-state index is 0.136. The number of rotatable bonds is 4. The standard InChI is InChI=1S/C28H24N4O2/c33-27-25(17-20-19-29-26-18-23(13-14-24(20)26)30-15-7-8-16-30)28(34)32(22-11-5-2-6-12-22)31(27)21-9-3-1-4-10-21/h1-6,9-14,17-19,29H,7-8,15-16H2. The SMILES string of the molecule is O=C1C(=Cc2c[nH]c3cc(N4CCCC4)ccc23)C(=O)N(c2ccccc2)N1c1ccccc1. The lowest BCUT2D eigenvalue weighted by atomic mass is 10.1. The molecule has 2 aliphatic heterocycles. The zero-order valence-electron chi connectivity index (χ0n) is 18.6. The third kappa shape index (κ3) is 3.35. The molecule has 2 saturated heterocycles. The minimum Gasteiger partial charge on any atom is -0.371 e. The second-order valence-corrected chi connectivity index (χ2v) is 8.63. The number of fused-ring (bicyclic) bond motifs is 1. The summed E-state index contributed by atoms with van der Waals surface area (Å²) in [6, 6.07) is 24.9. The van der Waals surface area contributed by atoms with Gasteiger partial charge in [-0.1, -0.05) is 42.5 Å². The molecule has 1 N–H and O–H groups in total. The lowest BCUT2D eigenvalue weighted by Crippen LogP contribution is -2.41. The number of aromatic nitrogens is 1. The zero-order valence-corrected chi connectivity index (χ0v) is 18.6. The first-order valence-electron chi connectivity index (χ1n) is 11.6. The fraction of sp³-hybridized carbons (Fsp3) is 0.143. The average Bonchev–Trinajstić information content (AvgIpc) is 3.61. The van der Waals surface area contributed by atoms with Gasteiger partial charge in [-0.25, -0.2) is 10.0 Å². The van der Waals surface area contributed by atoms with E-state index in [0.717, 1.165) is 29.6 Å². The van der Waals surface area contributed by atoms with Crippen LogP contribution >= 0.6 is 0 Å². The predicted molar refractivity (Wildman–Crippen MR) is 136 cm³/mol. The molecule has 6 heteroatoms. The molecule has 0 unspecified atom stereocenters. The summed E-state index contributed by atoms with van der Waals surface area (Å²) in [4.78, 5) is 32.8. The van der Waals surface area contributed by atoms with Crippen LogP contribution in [0.5, 0.6) is 0 Å². The normalized spacial score (nSPS) is 16.2. The average molecular weight is 449 g/mol. The molecular formula is C28H24N4O2. The van der Waals surface area contributed by atoms with Crippen LogP contribution in [-0.2, 0) is 9.59 Å². The fourth-order valence-corrected chi connectivity index (χ4v) is 4.81. The first-order chi connectivity index (χ1) is 16.7. The molecule has 2 fully saturated rings. The summed E-state index contributed by atoms with van der Waals surface area (Å²) in [5.74, 6) is -0.689. The second-order valence-electron chi connectivity index (χ2n) is 8.63. The number of carbonyl (C=O) groups is 2. The van der Waals surface area contributed by atoms with E-state index in [2.05, 4.69) is 28.1 Å². The molecule has 34 heavy (non-hydrogen) atoms. The highest BCUT2D eigenvalue weighted by molar-refractivity contribution is 6.38. The largest absolute Gasteiger partial charge is 0.371 e. The highest BCUT2D eigenvalue weighted by atomic mass is 16.2. The molecule has 2 amide bonds. The Labute approximate surface area is 197 Å². The van der Waals surface area contributed by atoms with Crippen molar-refractivity contribution in [3.05, 3.63) is 96.2 Å². The van der Waals surface area contributed by atoms with Gasteiger partial charge in [0.2, 0.25) is 0 Å². The molecule has 2 aliphatic rings. The van der Waals surface area contributed by atoms with Gasteiger partial charge in [-0.2, -0.15) is 0 Å². The molecule has 4 aromatic rings. The van der Waals surface area contributed by atoms with E-state index in [1.165, 1.54) is 28.5 Å².